The zero-order valence-corrected chi connectivity index (χ0v) is 7.88. The van der Waals surface area contributed by atoms with Gasteiger partial charge in [0, 0.05) is 6.54 Å². The molecule has 0 saturated carbocycles. The molecule has 0 aromatic carbocycles. The van der Waals surface area contributed by atoms with Crippen LogP contribution >= 0.6 is 0 Å². The summed E-state index contributed by atoms with van der Waals surface area (Å²) in [6.45, 7) is 3.07. The number of nitrogen functional groups attached to an aromatic ring is 2. The van der Waals surface area contributed by atoms with E-state index in [-0.39, 0.29) is 0 Å². The Kier molecular flexibility index (Phi) is 3.37. The van der Waals surface area contributed by atoms with Crippen molar-refractivity contribution >= 4 is 17.3 Å². The first-order valence-electron chi connectivity index (χ1n) is 4.50. The van der Waals surface area contributed by atoms with Crippen molar-refractivity contribution in [1.29, 1.82) is 0 Å². The summed E-state index contributed by atoms with van der Waals surface area (Å²) in [5.41, 5.74) is 11.6. The Morgan fingerprint density at radius 1 is 1.38 bits per heavy atom. The first-order valence-corrected chi connectivity index (χ1v) is 4.50. The molecular weight excluding hydrogens is 164 g/mol. The minimum absolute atomic E-state index is 0.390. The predicted octanol–water partition coefficient (Wildman–Crippen LogP) is 1.46. The summed E-state index contributed by atoms with van der Waals surface area (Å²) in [5.74, 6) is 1.18. The second-order valence-corrected chi connectivity index (χ2v) is 2.95. The van der Waals surface area contributed by atoms with Crippen LogP contribution in [0.2, 0.25) is 0 Å². The summed E-state index contributed by atoms with van der Waals surface area (Å²) < 4.78 is 0. The number of hydrogen-bond acceptors (Lipinski definition) is 4. The lowest BCUT2D eigenvalue weighted by Gasteiger charge is -2.05. The van der Waals surface area contributed by atoms with E-state index in [1.807, 2.05) is 6.07 Å². The van der Waals surface area contributed by atoms with E-state index >= 15 is 0 Å². The second kappa shape index (κ2) is 4.54. The summed E-state index contributed by atoms with van der Waals surface area (Å²) in [6, 6.07) is 3.60. The fourth-order valence-electron chi connectivity index (χ4n) is 0.977. The molecule has 0 unspecified atom stereocenters. The summed E-state index contributed by atoms with van der Waals surface area (Å²) in [6.07, 6.45) is 2.30. The van der Waals surface area contributed by atoms with Gasteiger partial charge in [0.05, 0.1) is 5.69 Å². The van der Waals surface area contributed by atoms with E-state index in [4.69, 9.17) is 11.5 Å². The van der Waals surface area contributed by atoms with Crippen LogP contribution in [0.1, 0.15) is 19.8 Å². The molecule has 1 heterocycles. The first-order chi connectivity index (χ1) is 6.24. The monoisotopic (exact) mass is 180 g/mol. The van der Waals surface area contributed by atoms with E-state index in [2.05, 4.69) is 17.2 Å². The van der Waals surface area contributed by atoms with Gasteiger partial charge in [-0.15, -0.1) is 0 Å². The van der Waals surface area contributed by atoms with Gasteiger partial charge in [0.25, 0.3) is 0 Å². The minimum Gasteiger partial charge on any atom is -0.396 e. The van der Waals surface area contributed by atoms with Gasteiger partial charge in [-0.1, -0.05) is 13.3 Å². The molecular formula is C9H16N4. The van der Waals surface area contributed by atoms with Crippen molar-refractivity contribution in [1.82, 2.24) is 4.98 Å². The number of anilines is 3. The average Bonchev–Trinajstić information content (AvgIpc) is 2.12. The van der Waals surface area contributed by atoms with Gasteiger partial charge in [0.1, 0.15) is 11.6 Å². The van der Waals surface area contributed by atoms with Crippen LogP contribution in [0.4, 0.5) is 17.3 Å². The fourth-order valence-corrected chi connectivity index (χ4v) is 0.977. The zero-order valence-electron chi connectivity index (χ0n) is 7.88. The smallest absolute Gasteiger partial charge is 0.149 e. The summed E-state index contributed by atoms with van der Waals surface area (Å²) in [5, 5.41) is 3.17. The molecule has 0 atom stereocenters. The maximum Gasteiger partial charge on any atom is 0.149 e. The molecule has 72 valence electrons. The maximum absolute atomic E-state index is 5.55. The van der Waals surface area contributed by atoms with Gasteiger partial charge in [-0.25, -0.2) is 4.98 Å². The molecule has 4 heteroatoms. The van der Waals surface area contributed by atoms with E-state index in [0.717, 1.165) is 25.2 Å². The molecule has 0 spiro atoms. The zero-order chi connectivity index (χ0) is 9.68. The quantitative estimate of drug-likeness (QED) is 0.613. The van der Waals surface area contributed by atoms with Crippen LogP contribution in [0.5, 0.6) is 0 Å². The molecule has 0 radical (unpaired) electrons. The topological polar surface area (TPSA) is 77.0 Å². The number of aromatic nitrogens is 1. The third-order valence-electron chi connectivity index (χ3n) is 1.79. The molecule has 0 saturated heterocycles. The van der Waals surface area contributed by atoms with E-state index < -0.39 is 0 Å². The van der Waals surface area contributed by atoms with Crippen LogP contribution in [0.25, 0.3) is 0 Å². The summed E-state index contributed by atoms with van der Waals surface area (Å²) >= 11 is 0. The van der Waals surface area contributed by atoms with Crippen LogP contribution in [0.3, 0.4) is 0 Å². The summed E-state index contributed by atoms with van der Waals surface area (Å²) in [7, 11) is 0. The SMILES string of the molecule is CCCCNc1ccc(N)c(N)n1. The van der Waals surface area contributed by atoms with Crippen LogP contribution in [0.15, 0.2) is 12.1 Å². The number of hydrogen-bond donors (Lipinski definition) is 3. The Bertz CT molecular complexity index is 272. The number of nitrogens with two attached hydrogens (primary N) is 2. The number of nitrogens with zero attached hydrogens (tertiary/aromatic N) is 1. The highest BCUT2D eigenvalue weighted by Crippen LogP contribution is 2.14. The van der Waals surface area contributed by atoms with Crippen molar-refractivity contribution in [3.05, 3.63) is 12.1 Å². The number of unbranched alkanes of at least 4 members (excludes halogenated alkanes) is 1. The van der Waals surface area contributed by atoms with E-state index in [1.54, 1.807) is 6.07 Å². The van der Waals surface area contributed by atoms with Crippen molar-refractivity contribution in [2.75, 3.05) is 23.3 Å². The highest BCUT2D eigenvalue weighted by Gasteiger charge is 1.97. The molecule has 0 aliphatic carbocycles. The molecule has 0 amide bonds. The molecule has 0 aliphatic rings. The third kappa shape index (κ3) is 2.82. The normalized spacial score (nSPS) is 9.92. The van der Waals surface area contributed by atoms with Gasteiger partial charge in [-0.2, -0.15) is 0 Å². The van der Waals surface area contributed by atoms with Crippen molar-refractivity contribution in [3.8, 4) is 0 Å². The number of rotatable bonds is 4. The van der Waals surface area contributed by atoms with E-state index in [1.165, 1.54) is 0 Å². The Morgan fingerprint density at radius 2 is 2.15 bits per heavy atom. The van der Waals surface area contributed by atoms with E-state index in [0.29, 0.717) is 11.5 Å². The molecule has 0 fully saturated rings. The molecule has 1 aromatic rings. The van der Waals surface area contributed by atoms with Gasteiger partial charge >= 0.3 is 0 Å². The first kappa shape index (κ1) is 9.64. The van der Waals surface area contributed by atoms with Crippen LogP contribution < -0.4 is 16.8 Å². The molecule has 1 rings (SSSR count). The van der Waals surface area contributed by atoms with Crippen LogP contribution in [-0.4, -0.2) is 11.5 Å². The van der Waals surface area contributed by atoms with Gasteiger partial charge in [-0.3, -0.25) is 0 Å². The van der Waals surface area contributed by atoms with Crippen molar-refractivity contribution < 1.29 is 0 Å². The van der Waals surface area contributed by atoms with Crippen molar-refractivity contribution in [2.24, 2.45) is 0 Å². The summed E-state index contributed by atoms with van der Waals surface area (Å²) in [4.78, 5) is 4.09. The molecule has 4 nitrogen and oxygen atoms in total. The van der Waals surface area contributed by atoms with Gasteiger partial charge in [-0.05, 0) is 18.6 Å². The van der Waals surface area contributed by atoms with Crippen molar-refractivity contribution in [3.63, 3.8) is 0 Å². The highest BCUT2D eigenvalue weighted by molar-refractivity contribution is 5.61. The maximum atomic E-state index is 5.55. The molecule has 0 aliphatic heterocycles. The van der Waals surface area contributed by atoms with E-state index in [9.17, 15) is 0 Å². The minimum atomic E-state index is 0.390. The Labute approximate surface area is 78.3 Å². The standard InChI is InChI=1S/C9H16N4/c1-2-3-6-12-8-5-4-7(10)9(11)13-8/h4-5H,2-3,6,10H2,1H3,(H3,11,12,13). The van der Waals surface area contributed by atoms with Gasteiger partial charge in [0.2, 0.25) is 0 Å². The predicted molar refractivity (Wildman–Crippen MR) is 56.5 cm³/mol. The highest BCUT2D eigenvalue weighted by atomic mass is 15.0. The second-order valence-electron chi connectivity index (χ2n) is 2.95. The Hall–Kier alpha value is -1.45. The van der Waals surface area contributed by atoms with Crippen LogP contribution in [0, 0.1) is 0 Å². The number of pyridine rings is 1. The number of nitrogens with one attached hydrogen (secondary N) is 1. The lowest BCUT2D eigenvalue weighted by molar-refractivity contribution is 0.831. The largest absolute Gasteiger partial charge is 0.396 e. The van der Waals surface area contributed by atoms with Gasteiger partial charge in [0.15, 0.2) is 0 Å². The molecule has 5 N–H and O–H groups in total. The third-order valence-corrected chi connectivity index (χ3v) is 1.79. The van der Waals surface area contributed by atoms with Crippen LogP contribution in [-0.2, 0) is 0 Å². The Balaban J connectivity index is 2.53. The van der Waals surface area contributed by atoms with Crippen molar-refractivity contribution in [2.45, 2.75) is 19.8 Å². The average molecular weight is 180 g/mol. The Morgan fingerprint density at radius 3 is 2.77 bits per heavy atom. The molecule has 13 heavy (non-hydrogen) atoms. The lowest BCUT2D eigenvalue weighted by Crippen LogP contribution is -2.05. The lowest BCUT2D eigenvalue weighted by atomic mass is 10.3. The van der Waals surface area contributed by atoms with Gasteiger partial charge < -0.3 is 16.8 Å². The fraction of sp³-hybridized carbons (Fsp3) is 0.444. The molecule has 1 aromatic heterocycles. The molecule has 0 bridgehead atoms.